The largest absolute Gasteiger partial charge is 0.434 e. The van der Waals surface area contributed by atoms with Gasteiger partial charge in [-0.1, -0.05) is 19.9 Å². The zero-order chi connectivity index (χ0) is 34.6. The first-order valence-electron chi connectivity index (χ1n) is 16.2. The predicted octanol–water partition coefficient (Wildman–Crippen LogP) is 6.53. The van der Waals surface area contributed by atoms with Gasteiger partial charge in [-0.2, -0.15) is 13.2 Å². The van der Waals surface area contributed by atoms with Crippen LogP contribution in [0.15, 0.2) is 46.8 Å². The first-order chi connectivity index (χ1) is 22.9. The summed E-state index contributed by atoms with van der Waals surface area (Å²) in [7, 11) is 0. The smallest absolute Gasteiger partial charge is 0.342 e. The van der Waals surface area contributed by atoms with Crippen molar-refractivity contribution in [3.05, 3.63) is 63.5 Å². The van der Waals surface area contributed by atoms with Gasteiger partial charge in [-0.3, -0.25) is 14.9 Å². The molecule has 1 fully saturated rings. The molecule has 1 aromatic carbocycles. The average Bonchev–Trinajstić information content (AvgIpc) is 3.57. The van der Waals surface area contributed by atoms with E-state index in [0.717, 1.165) is 68.8 Å². The molecule has 0 spiro atoms. The number of hydrogen-bond acceptors (Lipinski definition) is 8. The first-order valence-corrected chi connectivity index (χ1v) is 17.0. The lowest BCUT2D eigenvalue weighted by molar-refractivity contribution is -0.140. The van der Waals surface area contributed by atoms with Gasteiger partial charge in [0, 0.05) is 66.5 Å². The number of carbonyl (C=O) groups excluding carboxylic acids is 2. The molecule has 1 aliphatic rings. The van der Waals surface area contributed by atoms with Crippen molar-refractivity contribution in [2.24, 2.45) is 0 Å². The standard InChI is InChI=1S/C34H40F3N7O3S/c1-5-38-33(47)41-30-16-24(32-40-29(20-48-32)34(35,36)37)26(17-39-30)22-10-11-28-25(15-22)31(46)27(21(4)45)19-44(28)23-9-8-12-43(18-23)14-13-42(6-2)7-3/h10-11,15-17,19-20,23H,5-9,12-14,18H2,1-4H3,(H2,38,39,41,47). The van der Waals surface area contributed by atoms with Crippen molar-refractivity contribution in [2.75, 3.05) is 51.1 Å². The van der Waals surface area contributed by atoms with Crippen LogP contribution >= 0.6 is 11.3 Å². The molecular weight excluding hydrogens is 643 g/mol. The Morgan fingerprint density at radius 3 is 2.56 bits per heavy atom. The Labute approximate surface area is 281 Å². The number of hydrogen-bond donors (Lipinski definition) is 2. The van der Waals surface area contributed by atoms with Crippen molar-refractivity contribution in [3.8, 4) is 21.7 Å². The summed E-state index contributed by atoms with van der Waals surface area (Å²) in [6.07, 6.45) is 0.340. The second-order valence-electron chi connectivity index (χ2n) is 11.8. The Morgan fingerprint density at radius 1 is 1.12 bits per heavy atom. The monoisotopic (exact) mass is 683 g/mol. The number of fused-ring (bicyclic) bond motifs is 1. The number of alkyl halides is 3. The van der Waals surface area contributed by atoms with Crippen LogP contribution in [-0.4, -0.2) is 82.0 Å². The van der Waals surface area contributed by atoms with Crippen LogP contribution in [-0.2, 0) is 6.18 Å². The van der Waals surface area contributed by atoms with Gasteiger partial charge in [0.2, 0.25) is 0 Å². The fraction of sp³-hybridized carbons (Fsp3) is 0.441. The maximum Gasteiger partial charge on any atom is 0.434 e. The Bertz CT molecular complexity index is 1850. The van der Waals surface area contributed by atoms with E-state index < -0.39 is 23.3 Å². The zero-order valence-electron chi connectivity index (χ0n) is 27.5. The summed E-state index contributed by atoms with van der Waals surface area (Å²) in [5.41, 5.74) is 0.525. The van der Waals surface area contributed by atoms with Crippen molar-refractivity contribution in [2.45, 2.75) is 52.8 Å². The van der Waals surface area contributed by atoms with E-state index in [9.17, 15) is 27.6 Å². The minimum atomic E-state index is -4.64. The molecule has 4 heterocycles. The molecule has 1 aliphatic heterocycles. The second kappa shape index (κ2) is 15.0. The number of nitrogens with one attached hydrogen (secondary N) is 2. The van der Waals surface area contributed by atoms with Crippen LogP contribution in [0.1, 0.15) is 62.6 Å². The number of thiazole rings is 1. The van der Waals surface area contributed by atoms with E-state index in [0.29, 0.717) is 34.1 Å². The molecule has 0 aliphatic carbocycles. The molecule has 0 saturated carbocycles. The van der Waals surface area contributed by atoms with Gasteiger partial charge >= 0.3 is 12.2 Å². The Hall–Kier alpha value is -4.14. The van der Waals surface area contributed by atoms with Crippen LogP contribution in [0.2, 0.25) is 0 Å². The van der Waals surface area contributed by atoms with Crippen molar-refractivity contribution in [1.82, 2.24) is 29.7 Å². The number of Topliss-reactive ketones (excluding diaryl/α,β-unsaturated/α-hetero) is 1. The molecule has 0 bridgehead atoms. The van der Waals surface area contributed by atoms with Crippen molar-refractivity contribution < 1.29 is 22.8 Å². The number of piperidine rings is 1. The number of benzene rings is 1. The molecule has 1 saturated heterocycles. The Balaban J connectivity index is 1.59. The van der Waals surface area contributed by atoms with E-state index >= 15 is 0 Å². The molecule has 10 nitrogen and oxygen atoms in total. The molecule has 2 N–H and O–H groups in total. The molecule has 256 valence electrons. The Kier molecular flexibility index (Phi) is 11.0. The number of urea groups is 1. The fourth-order valence-corrected chi connectivity index (χ4v) is 7.00. The number of pyridine rings is 2. The van der Waals surface area contributed by atoms with E-state index in [1.165, 1.54) is 19.2 Å². The van der Waals surface area contributed by atoms with E-state index in [-0.39, 0.29) is 28.2 Å². The molecule has 14 heteroatoms. The summed E-state index contributed by atoms with van der Waals surface area (Å²) in [5.74, 6) is -0.228. The number of likely N-dealkylation sites (N-methyl/N-ethyl adjacent to an activating group) is 1. The number of carbonyl (C=O) groups is 2. The second-order valence-corrected chi connectivity index (χ2v) is 12.7. The quantitative estimate of drug-likeness (QED) is 0.173. The van der Waals surface area contributed by atoms with Gasteiger partial charge in [0.25, 0.3) is 0 Å². The summed E-state index contributed by atoms with van der Waals surface area (Å²) in [5, 5.41) is 6.52. The number of amides is 2. The van der Waals surface area contributed by atoms with Crippen molar-refractivity contribution >= 4 is 39.9 Å². The van der Waals surface area contributed by atoms with Crippen LogP contribution in [0.3, 0.4) is 0 Å². The highest BCUT2D eigenvalue weighted by atomic mass is 32.1. The van der Waals surface area contributed by atoms with Gasteiger partial charge in [0.05, 0.1) is 11.1 Å². The lowest BCUT2D eigenvalue weighted by Crippen LogP contribution is -2.41. The van der Waals surface area contributed by atoms with Crippen LogP contribution < -0.4 is 16.1 Å². The third-order valence-corrected chi connectivity index (χ3v) is 9.61. The third-order valence-electron chi connectivity index (χ3n) is 8.73. The number of halogens is 3. The average molecular weight is 684 g/mol. The van der Waals surface area contributed by atoms with Crippen molar-refractivity contribution in [3.63, 3.8) is 0 Å². The SMILES string of the molecule is CCNC(=O)Nc1cc(-c2nc(C(F)(F)F)cs2)c(-c2ccc3c(c2)c(=O)c(C(C)=O)cn3C2CCCN(CCN(CC)CC)C2)cn1. The lowest BCUT2D eigenvalue weighted by atomic mass is 9.97. The van der Waals surface area contributed by atoms with Crippen LogP contribution in [0, 0.1) is 0 Å². The minimum absolute atomic E-state index is 0.0375. The third kappa shape index (κ3) is 7.77. The number of ketones is 1. The van der Waals surface area contributed by atoms with Gasteiger partial charge in [0.15, 0.2) is 16.9 Å². The Morgan fingerprint density at radius 2 is 1.90 bits per heavy atom. The molecule has 48 heavy (non-hydrogen) atoms. The summed E-state index contributed by atoms with van der Waals surface area (Å²) in [6.45, 7) is 13.4. The van der Waals surface area contributed by atoms with E-state index in [2.05, 4.69) is 44.2 Å². The summed E-state index contributed by atoms with van der Waals surface area (Å²) in [4.78, 5) is 51.7. The van der Waals surface area contributed by atoms with Crippen LogP contribution in [0.25, 0.3) is 32.6 Å². The molecule has 3 aromatic heterocycles. The molecule has 1 unspecified atom stereocenters. The van der Waals surface area contributed by atoms with Gasteiger partial charge in [0.1, 0.15) is 10.8 Å². The van der Waals surface area contributed by atoms with Gasteiger partial charge in [-0.15, -0.1) is 11.3 Å². The highest BCUT2D eigenvalue weighted by Crippen LogP contribution is 2.39. The summed E-state index contributed by atoms with van der Waals surface area (Å²) < 4.78 is 42.6. The first kappa shape index (κ1) is 35.2. The normalized spacial score (nSPS) is 15.6. The lowest BCUT2D eigenvalue weighted by Gasteiger charge is -2.36. The van der Waals surface area contributed by atoms with Gasteiger partial charge < -0.3 is 19.7 Å². The number of anilines is 1. The molecule has 1 atom stereocenters. The van der Waals surface area contributed by atoms with Gasteiger partial charge in [-0.25, -0.2) is 14.8 Å². The summed E-state index contributed by atoms with van der Waals surface area (Å²) in [6, 6.07) is 6.26. The highest BCUT2D eigenvalue weighted by molar-refractivity contribution is 7.13. The number of rotatable bonds is 11. The molecule has 0 radical (unpaired) electrons. The van der Waals surface area contributed by atoms with E-state index in [4.69, 9.17) is 0 Å². The maximum atomic E-state index is 13.7. The fourth-order valence-electron chi connectivity index (χ4n) is 6.14. The molecule has 5 rings (SSSR count). The maximum absolute atomic E-state index is 13.7. The molecule has 4 aromatic rings. The zero-order valence-corrected chi connectivity index (χ0v) is 28.3. The number of nitrogens with zero attached hydrogens (tertiary/aromatic N) is 5. The van der Waals surface area contributed by atoms with Gasteiger partial charge in [-0.05, 0) is 70.1 Å². The number of aromatic nitrogens is 3. The van der Waals surface area contributed by atoms with Crippen molar-refractivity contribution in [1.29, 1.82) is 0 Å². The molecule has 2 amide bonds. The van der Waals surface area contributed by atoms with E-state index in [1.54, 1.807) is 25.3 Å². The highest BCUT2D eigenvalue weighted by Gasteiger charge is 2.34. The summed E-state index contributed by atoms with van der Waals surface area (Å²) >= 11 is 0.814. The number of likely N-dealkylation sites (tertiary alicyclic amines) is 1. The van der Waals surface area contributed by atoms with Crippen LogP contribution in [0.5, 0.6) is 0 Å². The predicted molar refractivity (Wildman–Crippen MR) is 183 cm³/mol. The van der Waals surface area contributed by atoms with Crippen LogP contribution in [0.4, 0.5) is 23.8 Å². The molecular formula is C34H40F3N7O3S. The minimum Gasteiger partial charge on any atom is -0.342 e. The topological polar surface area (TPSA) is 112 Å². The van der Waals surface area contributed by atoms with E-state index in [1.807, 2.05) is 10.6 Å².